The van der Waals surface area contributed by atoms with Gasteiger partial charge in [0.05, 0.1) is 0 Å². The van der Waals surface area contributed by atoms with Crippen LogP contribution in [0.3, 0.4) is 0 Å². The third-order valence-corrected chi connectivity index (χ3v) is 4.29. The zero-order chi connectivity index (χ0) is 12.3. The Bertz CT molecular complexity index is 270. The van der Waals surface area contributed by atoms with Crippen molar-refractivity contribution in [2.24, 2.45) is 0 Å². The number of hydrogen-bond donors (Lipinski definition) is 1. The van der Waals surface area contributed by atoms with Crippen LogP contribution in [0.15, 0.2) is 0 Å². The fourth-order valence-electron chi connectivity index (χ4n) is 3.28. The molecule has 4 heteroatoms. The molecule has 0 aromatic carbocycles. The highest BCUT2D eigenvalue weighted by atomic mass is 16.4. The van der Waals surface area contributed by atoms with Crippen LogP contribution in [0.4, 0.5) is 0 Å². The highest BCUT2D eigenvalue weighted by molar-refractivity contribution is 5.73. The van der Waals surface area contributed by atoms with Gasteiger partial charge in [-0.05, 0) is 58.3 Å². The average molecular weight is 240 g/mol. The number of carbonyl (C=O) groups is 1. The van der Waals surface area contributed by atoms with E-state index in [1.54, 1.807) is 0 Å². The van der Waals surface area contributed by atoms with Crippen LogP contribution < -0.4 is 0 Å². The van der Waals surface area contributed by atoms with Crippen LogP contribution in [0.5, 0.6) is 0 Å². The lowest BCUT2D eigenvalue weighted by molar-refractivity contribution is -0.143. The molecule has 0 bridgehead atoms. The number of aliphatic carboxylic acids is 1. The highest BCUT2D eigenvalue weighted by Gasteiger charge is 2.35. The third-order valence-electron chi connectivity index (χ3n) is 4.29. The number of nitrogens with zero attached hydrogens (tertiary/aromatic N) is 2. The minimum absolute atomic E-state index is 0.215. The van der Waals surface area contributed by atoms with Crippen LogP contribution in [-0.4, -0.2) is 59.1 Å². The lowest BCUT2D eigenvalue weighted by atomic mass is 10.1. The van der Waals surface area contributed by atoms with E-state index in [-0.39, 0.29) is 6.04 Å². The van der Waals surface area contributed by atoms with Crippen molar-refractivity contribution in [1.82, 2.24) is 9.80 Å². The Balaban J connectivity index is 1.95. The predicted octanol–water partition coefficient (Wildman–Crippen LogP) is 1.41. The van der Waals surface area contributed by atoms with Crippen molar-refractivity contribution in [3.63, 3.8) is 0 Å². The summed E-state index contributed by atoms with van der Waals surface area (Å²) in [6, 6.07) is 0.281. The maximum absolute atomic E-state index is 11.2. The largest absolute Gasteiger partial charge is 0.480 e. The molecular formula is C13H24N2O2. The molecule has 0 saturated carbocycles. The van der Waals surface area contributed by atoms with E-state index < -0.39 is 5.97 Å². The molecule has 17 heavy (non-hydrogen) atoms. The second-order valence-electron chi connectivity index (χ2n) is 5.25. The minimum atomic E-state index is -0.626. The van der Waals surface area contributed by atoms with E-state index in [2.05, 4.69) is 16.7 Å². The number of carboxylic acid groups (broad SMARTS) is 1. The van der Waals surface area contributed by atoms with Gasteiger partial charge in [-0.25, -0.2) is 0 Å². The van der Waals surface area contributed by atoms with Crippen LogP contribution in [0.1, 0.15) is 39.0 Å². The Morgan fingerprint density at radius 3 is 2.65 bits per heavy atom. The van der Waals surface area contributed by atoms with Gasteiger partial charge in [0.25, 0.3) is 0 Å². The quantitative estimate of drug-likeness (QED) is 0.810. The molecule has 0 aromatic rings. The molecule has 2 rings (SSSR count). The molecule has 2 unspecified atom stereocenters. The van der Waals surface area contributed by atoms with Gasteiger partial charge in [-0.2, -0.15) is 0 Å². The van der Waals surface area contributed by atoms with Gasteiger partial charge < -0.3 is 10.0 Å². The average Bonchev–Trinajstić information content (AvgIpc) is 2.68. The molecule has 0 amide bonds. The maximum atomic E-state index is 11.2. The van der Waals surface area contributed by atoms with Gasteiger partial charge in [-0.3, -0.25) is 9.69 Å². The number of rotatable bonds is 3. The molecular weight excluding hydrogens is 216 g/mol. The fourth-order valence-corrected chi connectivity index (χ4v) is 3.28. The van der Waals surface area contributed by atoms with E-state index >= 15 is 0 Å². The summed E-state index contributed by atoms with van der Waals surface area (Å²) in [5, 5.41) is 9.23. The lowest BCUT2D eigenvalue weighted by Crippen LogP contribution is -2.43. The van der Waals surface area contributed by atoms with Crippen LogP contribution >= 0.6 is 0 Å². The van der Waals surface area contributed by atoms with Crippen LogP contribution in [0.2, 0.25) is 0 Å². The summed E-state index contributed by atoms with van der Waals surface area (Å²) in [5.41, 5.74) is 0. The fraction of sp³-hybridized carbons (Fsp3) is 0.923. The van der Waals surface area contributed by atoms with Gasteiger partial charge >= 0.3 is 5.97 Å². The van der Waals surface area contributed by atoms with Crippen molar-refractivity contribution in [3.8, 4) is 0 Å². The number of likely N-dealkylation sites (tertiary alicyclic amines) is 2. The molecule has 98 valence electrons. The molecule has 0 aliphatic carbocycles. The monoisotopic (exact) mass is 240 g/mol. The normalized spacial score (nSPS) is 32.5. The Hall–Kier alpha value is -0.610. The summed E-state index contributed by atoms with van der Waals surface area (Å²) in [6.45, 7) is 6.61. The highest BCUT2D eigenvalue weighted by Crippen LogP contribution is 2.26. The van der Waals surface area contributed by atoms with Crippen molar-refractivity contribution in [3.05, 3.63) is 0 Å². The molecule has 0 radical (unpaired) electrons. The maximum Gasteiger partial charge on any atom is 0.320 e. The summed E-state index contributed by atoms with van der Waals surface area (Å²) < 4.78 is 0. The third kappa shape index (κ3) is 2.99. The second kappa shape index (κ2) is 5.83. The molecule has 0 aromatic heterocycles. The summed E-state index contributed by atoms with van der Waals surface area (Å²) in [5.74, 6) is -0.626. The predicted molar refractivity (Wildman–Crippen MR) is 67.1 cm³/mol. The van der Waals surface area contributed by atoms with Gasteiger partial charge in [-0.15, -0.1) is 0 Å². The first-order chi connectivity index (χ1) is 8.22. The molecule has 4 nitrogen and oxygen atoms in total. The second-order valence-corrected chi connectivity index (χ2v) is 5.25. The van der Waals surface area contributed by atoms with Crippen molar-refractivity contribution in [1.29, 1.82) is 0 Å². The molecule has 2 aliphatic rings. The van der Waals surface area contributed by atoms with Gasteiger partial charge in [0.15, 0.2) is 0 Å². The van der Waals surface area contributed by atoms with Gasteiger partial charge in [0, 0.05) is 6.04 Å². The van der Waals surface area contributed by atoms with Gasteiger partial charge in [0.1, 0.15) is 6.04 Å². The molecule has 2 saturated heterocycles. The Morgan fingerprint density at radius 1 is 1.18 bits per heavy atom. The van der Waals surface area contributed by atoms with Crippen molar-refractivity contribution >= 4 is 5.97 Å². The zero-order valence-corrected chi connectivity index (χ0v) is 10.8. The van der Waals surface area contributed by atoms with E-state index in [4.69, 9.17) is 0 Å². The first-order valence-corrected chi connectivity index (χ1v) is 6.93. The Labute approximate surface area is 104 Å². The molecule has 2 aliphatic heterocycles. The van der Waals surface area contributed by atoms with E-state index in [1.807, 2.05) is 0 Å². The topological polar surface area (TPSA) is 43.8 Å². The summed E-state index contributed by atoms with van der Waals surface area (Å²) in [4.78, 5) is 15.9. The SMILES string of the molecule is CCN1CCCC(N2CCCC2C(=O)O)CC1. The Morgan fingerprint density at radius 2 is 1.94 bits per heavy atom. The van der Waals surface area contributed by atoms with Crippen molar-refractivity contribution in [2.75, 3.05) is 26.2 Å². The van der Waals surface area contributed by atoms with Crippen molar-refractivity contribution in [2.45, 2.75) is 51.1 Å². The van der Waals surface area contributed by atoms with Crippen LogP contribution in [0.25, 0.3) is 0 Å². The Kier molecular flexibility index (Phi) is 4.40. The smallest absolute Gasteiger partial charge is 0.320 e. The number of carboxylic acids is 1. The molecule has 1 N–H and O–H groups in total. The first-order valence-electron chi connectivity index (χ1n) is 6.93. The van der Waals surface area contributed by atoms with Gasteiger partial charge in [-0.1, -0.05) is 6.92 Å². The first kappa shape index (κ1) is 12.8. The molecule has 2 fully saturated rings. The minimum Gasteiger partial charge on any atom is -0.480 e. The number of hydrogen-bond acceptors (Lipinski definition) is 3. The molecule has 2 heterocycles. The molecule has 0 spiro atoms. The summed E-state index contributed by atoms with van der Waals surface area (Å²) >= 11 is 0. The van der Waals surface area contributed by atoms with Crippen LogP contribution in [0, 0.1) is 0 Å². The van der Waals surface area contributed by atoms with Gasteiger partial charge in [0.2, 0.25) is 0 Å². The standard InChI is InChI=1S/C13H24N2O2/c1-2-14-8-3-5-11(7-10-14)15-9-4-6-12(15)13(16)17/h11-12H,2-10H2,1H3,(H,16,17). The zero-order valence-electron chi connectivity index (χ0n) is 10.8. The van der Waals surface area contributed by atoms with E-state index in [9.17, 15) is 9.90 Å². The van der Waals surface area contributed by atoms with E-state index in [1.165, 1.54) is 19.4 Å². The van der Waals surface area contributed by atoms with Crippen LogP contribution in [-0.2, 0) is 4.79 Å². The van der Waals surface area contributed by atoms with E-state index in [0.717, 1.165) is 38.9 Å². The lowest BCUT2D eigenvalue weighted by Gasteiger charge is -2.30. The van der Waals surface area contributed by atoms with E-state index in [0.29, 0.717) is 6.04 Å². The summed E-state index contributed by atoms with van der Waals surface area (Å²) in [6.07, 6.45) is 5.40. The van der Waals surface area contributed by atoms with Crippen molar-refractivity contribution < 1.29 is 9.90 Å². The molecule has 2 atom stereocenters. The summed E-state index contributed by atoms with van der Waals surface area (Å²) in [7, 11) is 0.